The van der Waals surface area contributed by atoms with Gasteiger partial charge in [-0.3, -0.25) is 9.78 Å². The van der Waals surface area contributed by atoms with Crippen LogP contribution in [0.5, 0.6) is 11.5 Å². The first-order valence-corrected chi connectivity index (χ1v) is 9.68. The van der Waals surface area contributed by atoms with Gasteiger partial charge in [-0.05, 0) is 56.1 Å². The van der Waals surface area contributed by atoms with E-state index in [9.17, 15) is 9.59 Å². The SMILES string of the molecule is Cn1cnc2cc(Oc3c(Br)cc(-n4nc(C#N)c(=O)[nH]c4=O)cc3Br)ccc21. The van der Waals surface area contributed by atoms with E-state index >= 15 is 0 Å². The lowest BCUT2D eigenvalue weighted by atomic mass is 10.2. The van der Waals surface area contributed by atoms with Crippen molar-refractivity contribution in [2.75, 3.05) is 0 Å². The van der Waals surface area contributed by atoms with E-state index in [-0.39, 0.29) is 0 Å². The summed E-state index contributed by atoms with van der Waals surface area (Å²) in [5.41, 5.74) is 0.0817. The standard InChI is InChI=1S/C18H10Br2N6O3/c1-25-8-22-13-6-10(2-3-15(13)25)29-16-11(19)4-9(5-12(16)20)26-18(28)23-17(27)14(7-21)24-26/h2-6,8H,1H3,(H,23,27,28). The number of nitriles is 1. The number of aryl methyl sites for hydroxylation is 1. The van der Waals surface area contributed by atoms with Gasteiger partial charge in [0, 0.05) is 13.1 Å². The number of fused-ring (bicyclic) bond motifs is 1. The fourth-order valence-electron chi connectivity index (χ4n) is 2.71. The zero-order valence-electron chi connectivity index (χ0n) is 14.7. The van der Waals surface area contributed by atoms with Crippen molar-refractivity contribution in [3.8, 4) is 23.3 Å². The lowest BCUT2D eigenvalue weighted by molar-refractivity contribution is 0.477. The summed E-state index contributed by atoms with van der Waals surface area (Å²) in [6, 6.07) is 10.4. The number of aromatic amines is 1. The Kier molecular flexibility index (Phi) is 4.81. The van der Waals surface area contributed by atoms with Crippen LogP contribution in [-0.4, -0.2) is 24.3 Å². The van der Waals surface area contributed by atoms with Gasteiger partial charge in [0.15, 0.2) is 5.75 Å². The molecular weight excluding hydrogens is 508 g/mol. The first-order chi connectivity index (χ1) is 13.9. The first-order valence-electron chi connectivity index (χ1n) is 8.09. The molecule has 0 fully saturated rings. The Morgan fingerprint density at radius 3 is 2.59 bits per heavy atom. The maximum absolute atomic E-state index is 12.1. The summed E-state index contributed by atoms with van der Waals surface area (Å²) in [4.78, 5) is 30.0. The molecule has 11 heteroatoms. The molecule has 0 aliphatic heterocycles. The van der Waals surface area contributed by atoms with Crippen molar-refractivity contribution in [1.29, 1.82) is 5.26 Å². The summed E-state index contributed by atoms with van der Waals surface area (Å²) in [7, 11) is 1.91. The van der Waals surface area contributed by atoms with Gasteiger partial charge in [0.05, 0.1) is 32.0 Å². The average molecular weight is 518 g/mol. The number of hydrogen-bond acceptors (Lipinski definition) is 6. The van der Waals surface area contributed by atoms with Crippen LogP contribution in [0.15, 0.2) is 55.2 Å². The van der Waals surface area contributed by atoms with Gasteiger partial charge in [-0.25, -0.2) is 9.78 Å². The topological polar surface area (TPSA) is 119 Å². The Balaban J connectivity index is 1.75. The Bertz CT molecular complexity index is 1410. The summed E-state index contributed by atoms with van der Waals surface area (Å²) in [6.07, 6.45) is 1.72. The molecule has 0 aliphatic carbocycles. The number of rotatable bonds is 3. The minimum absolute atomic E-state index is 0.328. The van der Waals surface area contributed by atoms with Crippen molar-refractivity contribution in [1.82, 2.24) is 24.3 Å². The number of benzene rings is 2. The lowest BCUT2D eigenvalue weighted by Crippen LogP contribution is -2.33. The van der Waals surface area contributed by atoms with E-state index in [1.807, 2.05) is 29.8 Å². The lowest BCUT2D eigenvalue weighted by Gasteiger charge is -2.12. The molecule has 0 bridgehead atoms. The summed E-state index contributed by atoms with van der Waals surface area (Å²) in [5.74, 6) is 1.05. The molecule has 1 N–H and O–H groups in total. The van der Waals surface area contributed by atoms with Gasteiger partial charge >= 0.3 is 5.69 Å². The number of ether oxygens (including phenoxy) is 1. The van der Waals surface area contributed by atoms with E-state index in [0.717, 1.165) is 15.7 Å². The van der Waals surface area contributed by atoms with Gasteiger partial charge in [0.25, 0.3) is 5.56 Å². The van der Waals surface area contributed by atoms with Crippen LogP contribution in [0, 0.1) is 11.3 Å². The van der Waals surface area contributed by atoms with Crippen molar-refractivity contribution in [3.63, 3.8) is 0 Å². The summed E-state index contributed by atoms with van der Waals surface area (Å²) in [5, 5.41) is 12.8. The molecule has 0 spiro atoms. The second-order valence-electron chi connectivity index (χ2n) is 5.98. The Morgan fingerprint density at radius 2 is 1.90 bits per heavy atom. The average Bonchev–Trinajstić information content (AvgIpc) is 3.05. The number of nitrogens with zero attached hydrogens (tertiary/aromatic N) is 5. The van der Waals surface area contributed by atoms with Gasteiger partial charge < -0.3 is 9.30 Å². The number of imidazole rings is 1. The molecule has 0 saturated carbocycles. The monoisotopic (exact) mass is 516 g/mol. The van der Waals surface area contributed by atoms with Gasteiger partial charge in [-0.1, -0.05) is 0 Å². The highest BCUT2D eigenvalue weighted by Crippen LogP contribution is 2.38. The fourth-order valence-corrected chi connectivity index (χ4v) is 4.04. The largest absolute Gasteiger partial charge is 0.455 e. The van der Waals surface area contributed by atoms with E-state index in [1.165, 1.54) is 0 Å². The van der Waals surface area contributed by atoms with E-state index in [1.54, 1.807) is 24.5 Å². The number of halogens is 2. The van der Waals surface area contributed by atoms with Gasteiger partial charge in [-0.2, -0.15) is 9.94 Å². The molecule has 4 rings (SSSR count). The molecule has 2 heterocycles. The number of hydrogen-bond donors (Lipinski definition) is 1. The van der Waals surface area contributed by atoms with E-state index in [4.69, 9.17) is 10.00 Å². The molecule has 144 valence electrons. The first kappa shape index (κ1) is 19.1. The van der Waals surface area contributed by atoms with Gasteiger partial charge in [-0.15, -0.1) is 5.10 Å². The molecule has 0 atom stereocenters. The molecule has 0 unspecified atom stereocenters. The van der Waals surface area contributed by atoms with E-state index < -0.39 is 16.9 Å². The molecule has 0 aliphatic rings. The molecule has 4 aromatic rings. The minimum atomic E-state index is -0.836. The van der Waals surface area contributed by atoms with Crippen LogP contribution in [0.1, 0.15) is 5.69 Å². The highest BCUT2D eigenvalue weighted by atomic mass is 79.9. The Morgan fingerprint density at radius 1 is 1.17 bits per heavy atom. The smallest absolute Gasteiger partial charge is 0.349 e. The van der Waals surface area contributed by atoms with Crippen LogP contribution in [0.4, 0.5) is 0 Å². The van der Waals surface area contributed by atoms with Crippen molar-refractivity contribution in [2.24, 2.45) is 7.05 Å². The van der Waals surface area contributed by atoms with Crippen LogP contribution in [0.2, 0.25) is 0 Å². The van der Waals surface area contributed by atoms with Gasteiger partial charge in [0.1, 0.15) is 11.8 Å². The van der Waals surface area contributed by atoms with Crippen LogP contribution in [-0.2, 0) is 7.05 Å². The molecule has 2 aromatic heterocycles. The van der Waals surface area contributed by atoms with E-state index in [2.05, 4.69) is 46.9 Å². The predicted octanol–water partition coefficient (Wildman–Crippen LogP) is 3.00. The van der Waals surface area contributed by atoms with Crippen molar-refractivity contribution < 1.29 is 4.74 Å². The van der Waals surface area contributed by atoms with Crippen LogP contribution in [0.3, 0.4) is 0 Å². The zero-order chi connectivity index (χ0) is 20.7. The second kappa shape index (κ2) is 7.31. The van der Waals surface area contributed by atoms with Gasteiger partial charge in [0.2, 0.25) is 5.69 Å². The normalized spacial score (nSPS) is 10.8. The third kappa shape index (κ3) is 3.48. The van der Waals surface area contributed by atoms with Crippen LogP contribution >= 0.6 is 31.9 Å². The number of nitrogens with one attached hydrogen (secondary N) is 1. The Labute approximate surface area is 179 Å². The van der Waals surface area contributed by atoms with E-state index in [0.29, 0.717) is 26.1 Å². The molecule has 2 aromatic carbocycles. The molecule has 9 nitrogen and oxygen atoms in total. The summed E-state index contributed by atoms with van der Waals surface area (Å²) >= 11 is 6.85. The molecule has 0 saturated heterocycles. The minimum Gasteiger partial charge on any atom is -0.455 e. The predicted molar refractivity (Wildman–Crippen MR) is 111 cm³/mol. The second-order valence-corrected chi connectivity index (χ2v) is 7.69. The zero-order valence-corrected chi connectivity index (χ0v) is 17.9. The fraction of sp³-hybridized carbons (Fsp3) is 0.0556. The highest BCUT2D eigenvalue weighted by molar-refractivity contribution is 9.11. The molecule has 0 amide bonds. The van der Waals surface area contributed by atoms with Crippen LogP contribution in [0.25, 0.3) is 16.7 Å². The summed E-state index contributed by atoms with van der Waals surface area (Å²) in [6.45, 7) is 0. The third-order valence-corrected chi connectivity index (χ3v) is 5.26. The number of aromatic nitrogens is 5. The van der Waals surface area contributed by atoms with Crippen molar-refractivity contribution in [3.05, 3.63) is 72.1 Å². The maximum atomic E-state index is 12.1. The third-order valence-electron chi connectivity index (χ3n) is 4.08. The quantitative estimate of drug-likeness (QED) is 0.446. The molecule has 0 radical (unpaired) electrons. The van der Waals surface area contributed by atoms with Crippen molar-refractivity contribution in [2.45, 2.75) is 0 Å². The highest BCUT2D eigenvalue weighted by Gasteiger charge is 2.15. The Hall–Kier alpha value is -3.23. The van der Waals surface area contributed by atoms with Crippen molar-refractivity contribution >= 4 is 42.9 Å². The van der Waals surface area contributed by atoms with Crippen LogP contribution < -0.4 is 16.0 Å². The summed E-state index contributed by atoms with van der Waals surface area (Å²) < 4.78 is 9.88. The molecular formula is C18H10Br2N6O3. The maximum Gasteiger partial charge on any atom is 0.349 e. The molecule has 29 heavy (non-hydrogen) atoms. The number of H-pyrrole nitrogens is 1.